The topological polar surface area (TPSA) is 136 Å². The van der Waals surface area contributed by atoms with Crippen LogP contribution in [0.5, 0.6) is 0 Å². The van der Waals surface area contributed by atoms with Gasteiger partial charge in [0.25, 0.3) is 5.91 Å². The van der Waals surface area contributed by atoms with Gasteiger partial charge in [0.1, 0.15) is 6.04 Å². The molecule has 0 bridgehead atoms. The minimum absolute atomic E-state index is 0.128. The fourth-order valence-electron chi connectivity index (χ4n) is 2.48. The minimum atomic E-state index is -1.71. The van der Waals surface area contributed by atoms with Crippen LogP contribution < -0.4 is 16.2 Å². The second kappa shape index (κ2) is 9.33. The molecule has 0 spiro atoms. The molecule has 0 aliphatic carbocycles. The van der Waals surface area contributed by atoms with Crippen molar-refractivity contribution in [3.8, 4) is 0 Å². The Bertz CT molecular complexity index is 796. The van der Waals surface area contributed by atoms with E-state index in [0.717, 1.165) is 0 Å². The van der Waals surface area contributed by atoms with Crippen molar-refractivity contribution in [2.45, 2.75) is 12.5 Å². The van der Waals surface area contributed by atoms with Gasteiger partial charge in [0, 0.05) is 12.0 Å². The van der Waals surface area contributed by atoms with E-state index in [9.17, 15) is 19.6 Å². The highest BCUT2D eigenvalue weighted by atomic mass is 16.5. The Labute approximate surface area is 156 Å². The molecule has 0 fully saturated rings. The first-order chi connectivity index (χ1) is 12.8. The van der Waals surface area contributed by atoms with Crippen molar-refractivity contribution in [1.82, 2.24) is 5.32 Å². The average molecular weight is 371 g/mol. The average Bonchev–Trinajstić information content (AvgIpc) is 2.67. The summed E-state index contributed by atoms with van der Waals surface area (Å²) in [4.78, 5) is 24.5. The van der Waals surface area contributed by atoms with E-state index in [-0.39, 0.29) is 17.4 Å². The van der Waals surface area contributed by atoms with Crippen LogP contribution in [0, 0.1) is 0 Å². The number of carbonyl (C=O) groups is 2. The van der Waals surface area contributed by atoms with Crippen molar-refractivity contribution >= 4 is 37.0 Å². The molecule has 0 saturated carbocycles. The smallest absolute Gasteiger partial charge is 0.467 e. The summed E-state index contributed by atoms with van der Waals surface area (Å²) < 4.78 is 4.73. The Balaban J connectivity index is 2.15. The molecule has 1 atom stereocenters. The highest BCUT2D eigenvalue weighted by Crippen LogP contribution is 2.06. The summed E-state index contributed by atoms with van der Waals surface area (Å²) in [6.45, 7) is 0. The highest BCUT2D eigenvalue weighted by Gasteiger charge is 2.23. The molecule has 0 aliphatic heterocycles. The highest BCUT2D eigenvalue weighted by molar-refractivity contribution is 6.59. The monoisotopic (exact) mass is 371 g/mol. The van der Waals surface area contributed by atoms with Crippen LogP contribution in [0.25, 0.3) is 0 Å². The third-order valence-corrected chi connectivity index (χ3v) is 3.96. The number of amides is 1. The first-order valence-corrected chi connectivity index (χ1v) is 8.11. The van der Waals surface area contributed by atoms with Gasteiger partial charge in [-0.05, 0) is 28.6 Å². The zero-order valence-electron chi connectivity index (χ0n) is 14.6. The lowest BCUT2D eigenvalue weighted by Gasteiger charge is -2.17. The van der Waals surface area contributed by atoms with Gasteiger partial charge >= 0.3 is 20.2 Å². The summed E-state index contributed by atoms with van der Waals surface area (Å²) >= 11 is 0. The number of rotatable bonds is 7. The van der Waals surface area contributed by atoms with Crippen LogP contribution in [0.15, 0.2) is 48.5 Å². The van der Waals surface area contributed by atoms with Crippen molar-refractivity contribution in [1.29, 1.82) is 0 Å². The van der Waals surface area contributed by atoms with Crippen LogP contribution in [0.3, 0.4) is 0 Å². The van der Waals surface area contributed by atoms with Crippen molar-refractivity contribution < 1.29 is 34.4 Å². The lowest BCUT2D eigenvalue weighted by atomic mass is 9.79. The molecule has 0 aromatic heterocycles. The largest absolute Gasteiger partial charge is 0.488 e. The van der Waals surface area contributed by atoms with Crippen molar-refractivity contribution in [3.63, 3.8) is 0 Å². The van der Waals surface area contributed by atoms with Gasteiger partial charge in [-0.1, -0.05) is 36.4 Å². The molecule has 10 heteroatoms. The first kappa shape index (κ1) is 20.7. The van der Waals surface area contributed by atoms with E-state index in [0.29, 0.717) is 11.0 Å². The third kappa shape index (κ3) is 5.66. The standard InChI is InChI=1S/C17H19B2NO7/c1-27-17(22)15(9-11-5-7-13(8-6-11)18(23)24)20-16(21)12-3-2-4-14(10-12)19(25)26/h2-8,10,15,23-26H,9H2,1H3,(H,20,21)/t15-/m0/s1. The number of nitrogens with one attached hydrogen (secondary N) is 1. The summed E-state index contributed by atoms with van der Waals surface area (Å²) in [5.41, 5.74) is 1.29. The molecule has 27 heavy (non-hydrogen) atoms. The van der Waals surface area contributed by atoms with Crippen LogP contribution >= 0.6 is 0 Å². The van der Waals surface area contributed by atoms with Gasteiger partial charge < -0.3 is 30.1 Å². The molecule has 1 amide bonds. The van der Waals surface area contributed by atoms with E-state index in [4.69, 9.17) is 14.8 Å². The van der Waals surface area contributed by atoms with Crippen LogP contribution in [-0.2, 0) is 16.0 Å². The number of carbonyl (C=O) groups excluding carboxylic acids is 2. The van der Waals surface area contributed by atoms with Crippen molar-refractivity contribution in [3.05, 3.63) is 59.7 Å². The zero-order valence-corrected chi connectivity index (χ0v) is 14.6. The Kier molecular flexibility index (Phi) is 7.14. The molecule has 2 aromatic rings. The molecular weight excluding hydrogens is 352 g/mol. The van der Waals surface area contributed by atoms with Gasteiger partial charge in [-0.3, -0.25) is 4.79 Å². The molecule has 2 aromatic carbocycles. The molecule has 0 heterocycles. The van der Waals surface area contributed by atoms with Gasteiger partial charge in [-0.25, -0.2) is 4.79 Å². The van der Waals surface area contributed by atoms with Crippen LogP contribution in [-0.4, -0.2) is 59.4 Å². The van der Waals surface area contributed by atoms with E-state index in [1.165, 1.54) is 43.5 Å². The second-order valence-electron chi connectivity index (χ2n) is 5.87. The maximum absolute atomic E-state index is 12.4. The summed E-state index contributed by atoms with van der Waals surface area (Å²) in [6, 6.07) is 11.0. The quantitative estimate of drug-likeness (QED) is 0.270. The third-order valence-electron chi connectivity index (χ3n) is 3.96. The number of hydrogen-bond acceptors (Lipinski definition) is 7. The summed E-state index contributed by atoms with van der Waals surface area (Å²) in [5.74, 6) is -1.22. The van der Waals surface area contributed by atoms with Gasteiger partial charge in [0.05, 0.1) is 7.11 Å². The van der Waals surface area contributed by atoms with E-state index in [2.05, 4.69) is 5.32 Å². The molecule has 2 rings (SSSR count). The molecule has 0 unspecified atom stereocenters. The molecule has 0 aliphatic rings. The maximum atomic E-state index is 12.4. The SMILES string of the molecule is COC(=O)[C@H](Cc1ccc(B(O)O)cc1)NC(=O)c1cccc(B(O)O)c1. The fourth-order valence-corrected chi connectivity index (χ4v) is 2.48. The number of esters is 1. The molecule has 0 radical (unpaired) electrons. The molecule has 5 N–H and O–H groups in total. The van der Waals surface area contributed by atoms with E-state index in [1.807, 2.05) is 0 Å². The maximum Gasteiger partial charge on any atom is 0.488 e. The Morgan fingerprint density at radius 1 is 1.00 bits per heavy atom. The number of ether oxygens (including phenoxy) is 1. The van der Waals surface area contributed by atoms with E-state index >= 15 is 0 Å². The predicted octanol–water partition coefficient (Wildman–Crippen LogP) is -2.44. The predicted molar refractivity (Wildman–Crippen MR) is 99.5 cm³/mol. The first-order valence-electron chi connectivity index (χ1n) is 8.11. The Morgan fingerprint density at radius 2 is 1.63 bits per heavy atom. The number of methoxy groups -OCH3 is 1. The molecular formula is C17H19B2NO7. The van der Waals surface area contributed by atoms with Gasteiger partial charge in [0.2, 0.25) is 0 Å². The van der Waals surface area contributed by atoms with Gasteiger partial charge in [-0.2, -0.15) is 0 Å². The lowest BCUT2D eigenvalue weighted by molar-refractivity contribution is -0.142. The second-order valence-corrected chi connectivity index (χ2v) is 5.87. The molecule has 8 nitrogen and oxygen atoms in total. The fraction of sp³-hybridized carbons (Fsp3) is 0.176. The lowest BCUT2D eigenvalue weighted by Crippen LogP contribution is -2.43. The minimum Gasteiger partial charge on any atom is -0.467 e. The van der Waals surface area contributed by atoms with Crippen LogP contribution in [0.2, 0.25) is 0 Å². The van der Waals surface area contributed by atoms with E-state index in [1.54, 1.807) is 12.1 Å². The summed E-state index contributed by atoms with van der Waals surface area (Å²) in [5, 5.41) is 39.2. The Hall–Kier alpha value is -2.65. The van der Waals surface area contributed by atoms with Crippen LogP contribution in [0.1, 0.15) is 15.9 Å². The molecule has 0 saturated heterocycles. The number of benzene rings is 2. The zero-order chi connectivity index (χ0) is 20.0. The van der Waals surface area contributed by atoms with Crippen molar-refractivity contribution in [2.75, 3.05) is 7.11 Å². The normalized spacial score (nSPS) is 11.4. The summed E-state index contributed by atoms with van der Waals surface area (Å²) in [7, 11) is -2.10. The summed E-state index contributed by atoms with van der Waals surface area (Å²) in [6.07, 6.45) is 0.128. The number of hydrogen-bond donors (Lipinski definition) is 5. The van der Waals surface area contributed by atoms with Gasteiger partial charge in [0.15, 0.2) is 0 Å². The van der Waals surface area contributed by atoms with Crippen LogP contribution in [0.4, 0.5) is 0 Å². The Morgan fingerprint density at radius 3 is 2.19 bits per heavy atom. The van der Waals surface area contributed by atoms with Gasteiger partial charge in [-0.15, -0.1) is 0 Å². The van der Waals surface area contributed by atoms with E-state index < -0.39 is 32.2 Å². The molecule has 140 valence electrons. The van der Waals surface area contributed by atoms with Crippen molar-refractivity contribution in [2.24, 2.45) is 0 Å².